The summed E-state index contributed by atoms with van der Waals surface area (Å²) < 4.78 is 1.66. The number of aryl methyl sites for hydroxylation is 1. The summed E-state index contributed by atoms with van der Waals surface area (Å²) in [5, 5.41) is 7.91. The second-order valence-corrected chi connectivity index (χ2v) is 6.77. The third-order valence-electron chi connectivity index (χ3n) is 4.19. The van der Waals surface area contributed by atoms with E-state index >= 15 is 0 Å². The minimum Gasteiger partial charge on any atom is -0.319 e. The van der Waals surface area contributed by atoms with Crippen molar-refractivity contribution in [3.63, 3.8) is 0 Å². The van der Waals surface area contributed by atoms with Gasteiger partial charge in [0.2, 0.25) is 5.82 Å². The van der Waals surface area contributed by atoms with Gasteiger partial charge in [-0.15, -0.1) is 5.10 Å². The van der Waals surface area contributed by atoms with Crippen LogP contribution >= 0.6 is 11.6 Å². The molecule has 28 heavy (non-hydrogen) atoms. The van der Waals surface area contributed by atoms with Crippen molar-refractivity contribution in [3.05, 3.63) is 95.3 Å². The molecule has 0 fully saturated rings. The number of hydrogen-bond acceptors (Lipinski definition) is 3. The van der Waals surface area contributed by atoms with E-state index in [4.69, 9.17) is 11.6 Å². The summed E-state index contributed by atoms with van der Waals surface area (Å²) in [6, 6.07) is 24.4. The quantitative estimate of drug-likeness (QED) is 0.526. The molecule has 6 heteroatoms. The Kier molecular flexibility index (Phi) is 4.91. The van der Waals surface area contributed by atoms with E-state index < -0.39 is 0 Å². The Labute approximate surface area is 167 Å². The first kappa shape index (κ1) is 17.9. The molecule has 4 rings (SSSR count). The minimum atomic E-state index is -0.368. The lowest BCUT2D eigenvalue weighted by atomic mass is 10.1. The summed E-state index contributed by atoms with van der Waals surface area (Å²) in [5.41, 5.74) is 3.43. The van der Waals surface area contributed by atoms with Crippen LogP contribution in [0.25, 0.3) is 17.1 Å². The van der Waals surface area contributed by atoms with Crippen molar-refractivity contribution in [1.82, 2.24) is 14.8 Å². The molecule has 138 valence electrons. The zero-order valence-electron chi connectivity index (χ0n) is 15.1. The van der Waals surface area contributed by atoms with Gasteiger partial charge in [0, 0.05) is 16.3 Å². The molecule has 0 saturated carbocycles. The average molecular weight is 389 g/mol. The molecule has 5 nitrogen and oxygen atoms in total. The van der Waals surface area contributed by atoms with Gasteiger partial charge in [-0.1, -0.05) is 53.6 Å². The minimum absolute atomic E-state index is 0.0929. The van der Waals surface area contributed by atoms with E-state index in [1.807, 2.05) is 73.7 Å². The van der Waals surface area contributed by atoms with Crippen LogP contribution in [0, 0.1) is 6.92 Å². The van der Waals surface area contributed by atoms with Crippen LogP contribution < -0.4 is 5.32 Å². The number of rotatable bonds is 4. The predicted octanol–water partition coefficient (Wildman–Crippen LogP) is 5.15. The van der Waals surface area contributed by atoms with Gasteiger partial charge in [-0.3, -0.25) is 4.79 Å². The van der Waals surface area contributed by atoms with Crippen LogP contribution in [0.15, 0.2) is 78.9 Å². The van der Waals surface area contributed by atoms with Crippen molar-refractivity contribution >= 4 is 23.2 Å². The highest BCUT2D eigenvalue weighted by Crippen LogP contribution is 2.23. The molecule has 1 aromatic heterocycles. The zero-order valence-corrected chi connectivity index (χ0v) is 15.9. The van der Waals surface area contributed by atoms with Crippen molar-refractivity contribution < 1.29 is 4.79 Å². The molecule has 3 aromatic carbocycles. The Morgan fingerprint density at radius 2 is 1.71 bits per heavy atom. The van der Waals surface area contributed by atoms with Crippen LogP contribution in [0.3, 0.4) is 0 Å². The standard InChI is InChI=1S/C22H17ClN4O/c1-15-6-5-7-16(14-15)21-25-20(22(28)24-18-8-3-2-4-9-18)26-27(21)19-12-10-17(23)11-13-19/h2-14H,1H3,(H,24,28). The maximum Gasteiger partial charge on any atom is 0.295 e. The fourth-order valence-electron chi connectivity index (χ4n) is 2.85. The molecule has 0 spiro atoms. The molecule has 0 aliphatic carbocycles. The van der Waals surface area contributed by atoms with Gasteiger partial charge in [0.15, 0.2) is 5.82 Å². The normalized spacial score (nSPS) is 10.6. The third kappa shape index (κ3) is 3.80. The number of carbonyl (C=O) groups is 1. The summed E-state index contributed by atoms with van der Waals surface area (Å²) in [6.45, 7) is 2.01. The molecular weight excluding hydrogens is 372 g/mol. The molecular formula is C22H17ClN4O. The average Bonchev–Trinajstić information content (AvgIpc) is 3.15. The van der Waals surface area contributed by atoms with Gasteiger partial charge in [-0.05, 0) is 49.4 Å². The third-order valence-corrected chi connectivity index (χ3v) is 4.44. The van der Waals surface area contributed by atoms with Gasteiger partial charge in [0.1, 0.15) is 0 Å². The van der Waals surface area contributed by atoms with Crippen LogP contribution in [-0.2, 0) is 0 Å². The molecule has 1 heterocycles. The smallest absolute Gasteiger partial charge is 0.295 e. The predicted molar refractivity (Wildman–Crippen MR) is 111 cm³/mol. The highest BCUT2D eigenvalue weighted by Gasteiger charge is 2.19. The van der Waals surface area contributed by atoms with Gasteiger partial charge in [0.25, 0.3) is 5.91 Å². The van der Waals surface area contributed by atoms with E-state index in [0.717, 1.165) is 16.8 Å². The molecule has 1 N–H and O–H groups in total. The van der Waals surface area contributed by atoms with E-state index in [-0.39, 0.29) is 11.7 Å². The van der Waals surface area contributed by atoms with Crippen LogP contribution in [0.5, 0.6) is 0 Å². The Morgan fingerprint density at radius 1 is 0.964 bits per heavy atom. The van der Waals surface area contributed by atoms with Gasteiger partial charge in [-0.25, -0.2) is 9.67 Å². The highest BCUT2D eigenvalue weighted by molar-refractivity contribution is 6.30. The van der Waals surface area contributed by atoms with E-state index in [1.54, 1.807) is 16.8 Å². The van der Waals surface area contributed by atoms with E-state index in [0.29, 0.717) is 16.5 Å². The Morgan fingerprint density at radius 3 is 2.43 bits per heavy atom. The summed E-state index contributed by atoms with van der Waals surface area (Å²) in [6.07, 6.45) is 0. The molecule has 0 unspecified atom stereocenters. The summed E-state index contributed by atoms with van der Waals surface area (Å²) in [5.74, 6) is 0.312. The van der Waals surface area contributed by atoms with E-state index in [9.17, 15) is 4.79 Å². The van der Waals surface area contributed by atoms with E-state index in [1.165, 1.54) is 0 Å². The first-order valence-electron chi connectivity index (χ1n) is 8.76. The second-order valence-electron chi connectivity index (χ2n) is 6.34. The Hall–Kier alpha value is -3.44. The number of amides is 1. The topological polar surface area (TPSA) is 59.8 Å². The van der Waals surface area contributed by atoms with E-state index in [2.05, 4.69) is 15.4 Å². The lowest BCUT2D eigenvalue weighted by Crippen LogP contribution is -2.14. The maximum absolute atomic E-state index is 12.7. The van der Waals surface area contributed by atoms with Crippen LogP contribution in [-0.4, -0.2) is 20.7 Å². The number of halogens is 1. The molecule has 0 aliphatic rings. The largest absolute Gasteiger partial charge is 0.319 e. The van der Waals surface area contributed by atoms with Crippen molar-refractivity contribution in [2.24, 2.45) is 0 Å². The first-order valence-corrected chi connectivity index (χ1v) is 9.14. The van der Waals surface area contributed by atoms with Gasteiger partial charge >= 0.3 is 0 Å². The molecule has 0 atom stereocenters. The van der Waals surface area contributed by atoms with Crippen molar-refractivity contribution in [1.29, 1.82) is 0 Å². The molecule has 1 amide bonds. The monoisotopic (exact) mass is 388 g/mol. The van der Waals surface area contributed by atoms with Crippen LogP contribution in [0.1, 0.15) is 16.2 Å². The summed E-state index contributed by atoms with van der Waals surface area (Å²) in [7, 11) is 0. The highest BCUT2D eigenvalue weighted by atomic mass is 35.5. The molecule has 0 radical (unpaired) electrons. The van der Waals surface area contributed by atoms with Gasteiger partial charge in [-0.2, -0.15) is 0 Å². The number of aromatic nitrogens is 3. The van der Waals surface area contributed by atoms with Gasteiger partial charge in [0.05, 0.1) is 5.69 Å². The first-order chi connectivity index (χ1) is 13.6. The van der Waals surface area contributed by atoms with Crippen LogP contribution in [0.4, 0.5) is 5.69 Å². The number of nitrogens with zero attached hydrogens (tertiary/aromatic N) is 3. The summed E-state index contributed by atoms with van der Waals surface area (Å²) >= 11 is 6.01. The number of carbonyl (C=O) groups excluding carboxylic acids is 1. The zero-order chi connectivity index (χ0) is 19.5. The lowest BCUT2D eigenvalue weighted by Gasteiger charge is -2.06. The lowest BCUT2D eigenvalue weighted by molar-refractivity contribution is 0.101. The van der Waals surface area contributed by atoms with Crippen molar-refractivity contribution in [2.45, 2.75) is 6.92 Å². The molecule has 0 bridgehead atoms. The number of nitrogens with one attached hydrogen (secondary N) is 1. The van der Waals surface area contributed by atoms with Crippen molar-refractivity contribution in [2.75, 3.05) is 5.32 Å². The SMILES string of the molecule is Cc1cccc(-c2nc(C(=O)Nc3ccccc3)nn2-c2ccc(Cl)cc2)c1. The number of hydrogen-bond donors (Lipinski definition) is 1. The number of para-hydroxylation sites is 1. The fourth-order valence-corrected chi connectivity index (χ4v) is 2.98. The Balaban J connectivity index is 1.77. The van der Waals surface area contributed by atoms with Gasteiger partial charge < -0.3 is 5.32 Å². The molecule has 4 aromatic rings. The molecule has 0 aliphatic heterocycles. The number of benzene rings is 3. The molecule has 0 saturated heterocycles. The second kappa shape index (κ2) is 7.66. The summed E-state index contributed by atoms with van der Waals surface area (Å²) in [4.78, 5) is 17.2. The number of anilines is 1. The fraction of sp³-hybridized carbons (Fsp3) is 0.0455. The Bertz CT molecular complexity index is 1120. The van der Waals surface area contributed by atoms with Crippen LogP contribution in [0.2, 0.25) is 5.02 Å². The van der Waals surface area contributed by atoms with Crippen molar-refractivity contribution in [3.8, 4) is 17.1 Å². The maximum atomic E-state index is 12.7.